The molecule has 2 aliphatic rings. The van der Waals surface area contributed by atoms with Gasteiger partial charge in [0.25, 0.3) is 0 Å². The van der Waals surface area contributed by atoms with Crippen molar-refractivity contribution in [3.8, 4) is 5.75 Å². The Bertz CT molecular complexity index is 394. The lowest BCUT2D eigenvalue weighted by Gasteiger charge is -2.13. The third-order valence-corrected chi connectivity index (χ3v) is 5.34. The van der Waals surface area contributed by atoms with Gasteiger partial charge in [0.2, 0.25) is 0 Å². The van der Waals surface area contributed by atoms with Crippen molar-refractivity contribution >= 4 is 0 Å². The molecule has 1 aromatic carbocycles. The van der Waals surface area contributed by atoms with Gasteiger partial charge in [0.15, 0.2) is 0 Å². The molecule has 1 heteroatoms. The number of hydrogen-bond acceptors (Lipinski definition) is 1. The highest BCUT2D eigenvalue weighted by Gasteiger charge is 2.62. The number of hydrogen-bond donors (Lipinski definition) is 0. The standard InChI is InChI=1S/C16H22O/c1-12-15-4-3-10-16(12,15)11-9-13-5-7-14(17-2)8-6-13/h5-8,12,15H,3-4,9-11H2,1-2H3/t12-,15-,16-/m1/s1. The summed E-state index contributed by atoms with van der Waals surface area (Å²) in [5.41, 5.74) is 2.20. The Balaban J connectivity index is 1.60. The minimum atomic E-state index is 0.736. The molecule has 2 fully saturated rings. The zero-order valence-electron chi connectivity index (χ0n) is 10.9. The fraction of sp³-hybridized carbons (Fsp3) is 0.625. The molecule has 1 nitrogen and oxygen atoms in total. The first kappa shape index (κ1) is 11.1. The largest absolute Gasteiger partial charge is 0.497 e. The normalized spacial score (nSPS) is 34.5. The fourth-order valence-electron chi connectivity index (χ4n) is 4.11. The van der Waals surface area contributed by atoms with E-state index in [1.807, 2.05) is 0 Å². The van der Waals surface area contributed by atoms with E-state index in [4.69, 9.17) is 4.74 Å². The van der Waals surface area contributed by atoms with Gasteiger partial charge in [-0.3, -0.25) is 0 Å². The van der Waals surface area contributed by atoms with Crippen molar-refractivity contribution in [1.29, 1.82) is 0 Å². The zero-order valence-corrected chi connectivity index (χ0v) is 10.9. The van der Waals surface area contributed by atoms with Gasteiger partial charge in [-0.25, -0.2) is 0 Å². The van der Waals surface area contributed by atoms with Gasteiger partial charge in [-0.05, 0) is 60.6 Å². The molecule has 17 heavy (non-hydrogen) atoms. The van der Waals surface area contributed by atoms with Crippen molar-refractivity contribution in [2.45, 2.75) is 39.0 Å². The molecule has 2 saturated carbocycles. The number of ether oxygens (including phenoxy) is 1. The lowest BCUT2D eigenvalue weighted by atomic mass is 9.92. The second-order valence-corrected chi connectivity index (χ2v) is 5.87. The zero-order chi connectivity index (χ0) is 11.9. The summed E-state index contributed by atoms with van der Waals surface area (Å²) in [6.07, 6.45) is 7.08. The highest BCUT2D eigenvalue weighted by atomic mass is 16.5. The molecular formula is C16H22O. The van der Waals surface area contributed by atoms with E-state index in [0.717, 1.165) is 23.0 Å². The Morgan fingerprint density at radius 1 is 1.29 bits per heavy atom. The second kappa shape index (κ2) is 4.04. The highest BCUT2D eigenvalue weighted by molar-refractivity contribution is 5.27. The molecule has 0 amide bonds. The molecule has 1 aromatic rings. The SMILES string of the molecule is COc1ccc(CC[C@@]23CCC[C@@H]2[C@H]3C)cc1. The molecule has 0 bridgehead atoms. The summed E-state index contributed by atoms with van der Waals surface area (Å²) in [5.74, 6) is 3.01. The van der Waals surface area contributed by atoms with Crippen LogP contribution in [0.3, 0.4) is 0 Å². The lowest BCUT2D eigenvalue weighted by molar-refractivity contribution is 0.408. The predicted octanol–water partition coefficient (Wildman–Crippen LogP) is 4.06. The molecule has 3 rings (SSSR count). The van der Waals surface area contributed by atoms with E-state index in [9.17, 15) is 0 Å². The third kappa shape index (κ3) is 1.76. The summed E-state index contributed by atoms with van der Waals surface area (Å²) >= 11 is 0. The van der Waals surface area contributed by atoms with Crippen LogP contribution in [0.5, 0.6) is 5.75 Å². The van der Waals surface area contributed by atoms with Crippen LogP contribution in [-0.2, 0) is 6.42 Å². The van der Waals surface area contributed by atoms with E-state index in [-0.39, 0.29) is 0 Å². The monoisotopic (exact) mass is 230 g/mol. The van der Waals surface area contributed by atoms with E-state index in [1.165, 1.54) is 37.7 Å². The average Bonchev–Trinajstić information content (AvgIpc) is 2.77. The van der Waals surface area contributed by atoms with Crippen LogP contribution in [0.2, 0.25) is 0 Å². The first-order valence-corrected chi connectivity index (χ1v) is 6.89. The minimum absolute atomic E-state index is 0.736. The summed E-state index contributed by atoms with van der Waals surface area (Å²) < 4.78 is 5.19. The van der Waals surface area contributed by atoms with E-state index >= 15 is 0 Å². The van der Waals surface area contributed by atoms with Crippen LogP contribution in [0, 0.1) is 17.3 Å². The Morgan fingerprint density at radius 2 is 2.06 bits per heavy atom. The summed E-state index contributed by atoms with van der Waals surface area (Å²) in [6.45, 7) is 2.46. The molecule has 0 heterocycles. The average molecular weight is 230 g/mol. The second-order valence-electron chi connectivity index (χ2n) is 5.87. The Labute approximate surface area is 104 Å². The molecule has 0 radical (unpaired) electrons. The van der Waals surface area contributed by atoms with E-state index in [0.29, 0.717) is 0 Å². The van der Waals surface area contributed by atoms with E-state index in [2.05, 4.69) is 31.2 Å². The van der Waals surface area contributed by atoms with Crippen LogP contribution >= 0.6 is 0 Å². The molecule has 0 aliphatic heterocycles. The maximum absolute atomic E-state index is 5.19. The van der Waals surface area contributed by atoms with Crippen molar-refractivity contribution in [1.82, 2.24) is 0 Å². The Hall–Kier alpha value is -0.980. The fourth-order valence-corrected chi connectivity index (χ4v) is 4.11. The molecular weight excluding hydrogens is 208 g/mol. The smallest absolute Gasteiger partial charge is 0.118 e. The topological polar surface area (TPSA) is 9.23 Å². The minimum Gasteiger partial charge on any atom is -0.497 e. The van der Waals surface area contributed by atoms with E-state index in [1.54, 1.807) is 7.11 Å². The van der Waals surface area contributed by atoms with Crippen LogP contribution in [0.15, 0.2) is 24.3 Å². The van der Waals surface area contributed by atoms with Gasteiger partial charge in [-0.2, -0.15) is 0 Å². The van der Waals surface area contributed by atoms with Crippen LogP contribution in [0.1, 0.15) is 38.2 Å². The van der Waals surface area contributed by atoms with Gasteiger partial charge >= 0.3 is 0 Å². The molecule has 92 valence electrons. The molecule has 0 N–H and O–H groups in total. The van der Waals surface area contributed by atoms with Gasteiger partial charge in [0.1, 0.15) is 5.75 Å². The van der Waals surface area contributed by atoms with Crippen molar-refractivity contribution in [3.63, 3.8) is 0 Å². The predicted molar refractivity (Wildman–Crippen MR) is 70.3 cm³/mol. The van der Waals surface area contributed by atoms with E-state index < -0.39 is 0 Å². The van der Waals surface area contributed by atoms with Crippen LogP contribution in [0.25, 0.3) is 0 Å². The Morgan fingerprint density at radius 3 is 2.65 bits per heavy atom. The van der Waals surface area contributed by atoms with Gasteiger partial charge in [0, 0.05) is 0 Å². The quantitative estimate of drug-likeness (QED) is 0.757. The van der Waals surface area contributed by atoms with Crippen LogP contribution in [0.4, 0.5) is 0 Å². The molecule has 2 aliphatic carbocycles. The van der Waals surface area contributed by atoms with Gasteiger partial charge < -0.3 is 4.74 Å². The number of aryl methyl sites for hydroxylation is 1. The van der Waals surface area contributed by atoms with Crippen molar-refractivity contribution < 1.29 is 4.74 Å². The summed E-state index contributed by atoms with van der Waals surface area (Å²) in [7, 11) is 1.73. The first-order valence-electron chi connectivity index (χ1n) is 6.89. The third-order valence-electron chi connectivity index (χ3n) is 5.34. The van der Waals surface area contributed by atoms with Crippen LogP contribution < -0.4 is 4.74 Å². The molecule has 3 atom stereocenters. The van der Waals surface area contributed by atoms with Gasteiger partial charge in [0.05, 0.1) is 7.11 Å². The summed E-state index contributed by atoms with van der Waals surface area (Å²) in [5, 5.41) is 0. The highest BCUT2D eigenvalue weighted by Crippen LogP contribution is 2.70. The van der Waals surface area contributed by atoms with Crippen molar-refractivity contribution in [3.05, 3.63) is 29.8 Å². The number of fused-ring (bicyclic) bond motifs is 1. The molecule has 0 aromatic heterocycles. The molecule has 0 unspecified atom stereocenters. The summed E-state index contributed by atoms with van der Waals surface area (Å²) in [4.78, 5) is 0. The number of benzene rings is 1. The van der Waals surface area contributed by atoms with Crippen LogP contribution in [-0.4, -0.2) is 7.11 Å². The first-order chi connectivity index (χ1) is 8.26. The van der Waals surface area contributed by atoms with Gasteiger partial charge in [-0.1, -0.05) is 25.5 Å². The number of methoxy groups -OCH3 is 1. The Kier molecular flexibility index (Phi) is 2.65. The van der Waals surface area contributed by atoms with Gasteiger partial charge in [-0.15, -0.1) is 0 Å². The van der Waals surface area contributed by atoms with Crippen molar-refractivity contribution in [2.24, 2.45) is 17.3 Å². The summed E-state index contributed by atoms with van der Waals surface area (Å²) in [6, 6.07) is 8.59. The molecule has 0 saturated heterocycles. The maximum Gasteiger partial charge on any atom is 0.118 e. The molecule has 0 spiro atoms. The number of rotatable bonds is 4. The lowest BCUT2D eigenvalue weighted by Crippen LogP contribution is -2.03. The maximum atomic E-state index is 5.19. The van der Waals surface area contributed by atoms with Crippen molar-refractivity contribution in [2.75, 3.05) is 7.11 Å².